The van der Waals surface area contributed by atoms with Gasteiger partial charge < -0.3 is 10.0 Å². The standard InChI is InChI=1S/C12H17ClN2O/c1-2-9-5-6-15(7-9)12-4-3-10(13)11(8-16)14-12/h3-4,9,16H,2,5-8H2,1H3. The van der Waals surface area contributed by atoms with Crippen molar-refractivity contribution in [1.82, 2.24) is 4.98 Å². The summed E-state index contributed by atoms with van der Waals surface area (Å²) in [5, 5.41) is 9.66. The van der Waals surface area contributed by atoms with Crippen molar-refractivity contribution in [2.75, 3.05) is 18.0 Å². The molecule has 0 aromatic carbocycles. The molecule has 0 spiro atoms. The number of aliphatic hydroxyl groups excluding tert-OH is 1. The van der Waals surface area contributed by atoms with E-state index in [4.69, 9.17) is 16.7 Å². The van der Waals surface area contributed by atoms with Gasteiger partial charge in [0, 0.05) is 13.1 Å². The number of nitrogens with zero attached hydrogens (tertiary/aromatic N) is 2. The lowest BCUT2D eigenvalue weighted by atomic mass is 10.1. The van der Waals surface area contributed by atoms with E-state index in [0.717, 1.165) is 24.8 Å². The van der Waals surface area contributed by atoms with E-state index < -0.39 is 0 Å². The van der Waals surface area contributed by atoms with E-state index >= 15 is 0 Å². The van der Waals surface area contributed by atoms with Crippen molar-refractivity contribution in [2.45, 2.75) is 26.4 Å². The molecule has 1 atom stereocenters. The molecule has 16 heavy (non-hydrogen) atoms. The summed E-state index contributed by atoms with van der Waals surface area (Å²) in [7, 11) is 0. The molecule has 0 saturated carbocycles. The van der Waals surface area contributed by atoms with Crippen LogP contribution in [0.3, 0.4) is 0 Å². The van der Waals surface area contributed by atoms with Gasteiger partial charge in [-0.05, 0) is 24.5 Å². The molecular formula is C12H17ClN2O. The van der Waals surface area contributed by atoms with Crippen molar-refractivity contribution in [3.63, 3.8) is 0 Å². The van der Waals surface area contributed by atoms with Crippen LogP contribution in [-0.4, -0.2) is 23.2 Å². The van der Waals surface area contributed by atoms with Gasteiger partial charge in [0.05, 0.1) is 17.3 Å². The molecule has 0 bridgehead atoms. The highest BCUT2D eigenvalue weighted by molar-refractivity contribution is 6.31. The fourth-order valence-electron chi connectivity index (χ4n) is 2.13. The largest absolute Gasteiger partial charge is 0.390 e. The Morgan fingerprint density at radius 3 is 3.00 bits per heavy atom. The Morgan fingerprint density at radius 2 is 2.38 bits per heavy atom. The summed E-state index contributed by atoms with van der Waals surface area (Å²) in [5.74, 6) is 1.71. The molecule has 1 aliphatic heterocycles. The Kier molecular flexibility index (Phi) is 3.66. The fourth-order valence-corrected chi connectivity index (χ4v) is 2.30. The van der Waals surface area contributed by atoms with Crippen molar-refractivity contribution < 1.29 is 5.11 Å². The summed E-state index contributed by atoms with van der Waals surface area (Å²) >= 11 is 5.92. The maximum absolute atomic E-state index is 9.12. The minimum absolute atomic E-state index is 0.0995. The van der Waals surface area contributed by atoms with Gasteiger partial charge in [0.15, 0.2) is 0 Å². The predicted octanol–water partition coefficient (Wildman–Crippen LogP) is 2.46. The van der Waals surface area contributed by atoms with E-state index in [2.05, 4.69) is 16.8 Å². The second-order valence-corrected chi connectivity index (χ2v) is 4.67. The molecule has 88 valence electrons. The predicted molar refractivity (Wildman–Crippen MR) is 65.8 cm³/mol. The van der Waals surface area contributed by atoms with E-state index in [0.29, 0.717) is 10.7 Å². The molecule has 1 unspecified atom stereocenters. The third-order valence-electron chi connectivity index (χ3n) is 3.24. The van der Waals surface area contributed by atoms with Crippen molar-refractivity contribution in [3.8, 4) is 0 Å². The number of aromatic nitrogens is 1. The highest BCUT2D eigenvalue weighted by Crippen LogP contribution is 2.26. The van der Waals surface area contributed by atoms with Gasteiger partial charge in [-0.1, -0.05) is 24.9 Å². The molecule has 1 N–H and O–H groups in total. The van der Waals surface area contributed by atoms with Crippen LogP contribution in [0, 0.1) is 5.92 Å². The number of hydrogen-bond acceptors (Lipinski definition) is 3. The van der Waals surface area contributed by atoms with Crippen molar-refractivity contribution in [3.05, 3.63) is 22.8 Å². The molecular weight excluding hydrogens is 224 g/mol. The summed E-state index contributed by atoms with van der Waals surface area (Å²) in [5.41, 5.74) is 0.569. The molecule has 1 saturated heterocycles. The second-order valence-electron chi connectivity index (χ2n) is 4.27. The van der Waals surface area contributed by atoms with Crippen molar-refractivity contribution in [1.29, 1.82) is 0 Å². The zero-order valence-electron chi connectivity index (χ0n) is 9.49. The Bertz CT molecular complexity index is 370. The van der Waals surface area contributed by atoms with Crippen molar-refractivity contribution in [2.24, 2.45) is 5.92 Å². The number of halogens is 1. The summed E-state index contributed by atoms with van der Waals surface area (Å²) in [6.45, 7) is 4.24. The van der Waals surface area contributed by atoms with Gasteiger partial charge in [-0.3, -0.25) is 0 Å². The van der Waals surface area contributed by atoms with E-state index in [-0.39, 0.29) is 6.61 Å². The van der Waals surface area contributed by atoms with Crippen LogP contribution in [0.5, 0.6) is 0 Å². The van der Waals surface area contributed by atoms with Gasteiger partial charge in [-0.2, -0.15) is 0 Å². The SMILES string of the molecule is CCC1CCN(c2ccc(Cl)c(CO)n2)C1. The molecule has 1 aromatic rings. The van der Waals surface area contributed by atoms with Gasteiger partial charge in [0.25, 0.3) is 0 Å². The maximum atomic E-state index is 9.12. The van der Waals surface area contributed by atoms with Crippen LogP contribution in [0.25, 0.3) is 0 Å². The number of pyridine rings is 1. The first-order chi connectivity index (χ1) is 7.74. The summed E-state index contributed by atoms with van der Waals surface area (Å²) in [4.78, 5) is 6.65. The van der Waals surface area contributed by atoms with Gasteiger partial charge in [0.1, 0.15) is 5.82 Å². The van der Waals surface area contributed by atoms with Crippen LogP contribution in [0.4, 0.5) is 5.82 Å². The normalized spacial score (nSPS) is 20.4. The molecule has 0 aliphatic carbocycles. The minimum Gasteiger partial charge on any atom is -0.390 e. The molecule has 0 amide bonds. The Balaban J connectivity index is 2.15. The quantitative estimate of drug-likeness (QED) is 0.882. The fraction of sp³-hybridized carbons (Fsp3) is 0.583. The maximum Gasteiger partial charge on any atom is 0.129 e. The first-order valence-electron chi connectivity index (χ1n) is 5.75. The highest BCUT2D eigenvalue weighted by Gasteiger charge is 2.22. The lowest BCUT2D eigenvalue weighted by Crippen LogP contribution is -2.21. The number of hydrogen-bond donors (Lipinski definition) is 1. The average Bonchev–Trinajstić information content (AvgIpc) is 2.78. The molecule has 2 rings (SSSR count). The second kappa shape index (κ2) is 5.02. The van der Waals surface area contributed by atoms with Gasteiger partial charge in [0.2, 0.25) is 0 Å². The van der Waals surface area contributed by atoms with E-state index in [1.54, 1.807) is 0 Å². The van der Waals surface area contributed by atoms with Gasteiger partial charge in [-0.15, -0.1) is 0 Å². The molecule has 2 heterocycles. The monoisotopic (exact) mass is 240 g/mol. The van der Waals surface area contributed by atoms with E-state index in [9.17, 15) is 0 Å². The first kappa shape index (κ1) is 11.7. The zero-order valence-corrected chi connectivity index (χ0v) is 10.2. The molecule has 1 aliphatic rings. The van der Waals surface area contributed by atoms with Crippen molar-refractivity contribution >= 4 is 17.4 Å². The summed E-state index contributed by atoms with van der Waals surface area (Å²) in [6.07, 6.45) is 2.45. The Morgan fingerprint density at radius 1 is 1.56 bits per heavy atom. The molecule has 1 fully saturated rings. The van der Waals surface area contributed by atoms with Crippen LogP contribution in [-0.2, 0) is 6.61 Å². The highest BCUT2D eigenvalue weighted by atomic mass is 35.5. The van der Waals surface area contributed by atoms with E-state index in [1.165, 1.54) is 12.8 Å². The summed E-state index contributed by atoms with van der Waals surface area (Å²) in [6, 6.07) is 3.74. The third kappa shape index (κ3) is 2.30. The first-order valence-corrected chi connectivity index (χ1v) is 6.13. The average molecular weight is 241 g/mol. The lowest BCUT2D eigenvalue weighted by Gasteiger charge is -2.18. The number of anilines is 1. The summed E-state index contributed by atoms with van der Waals surface area (Å²) < 4.78 is 0. The van der Waals surface area contributed by atoms with Crippen LogP contribution < -0.4 is 4.90 Å². The Hall–Kier alpha value is -0.800. The number of rotatable bonds is 3. The van der Waals surface area contributed by atoms with Gasteiger partial charge >= 0.3 is 0 Å². The molecule has 0 radical (unpaired) electrons. The number of aliphatic hydroxyl groups is 1. The van der Waals surface area contributed by atoms with Crippen LogP contribution in [0.2, 0.25) is 5.02 Å². The van der Waals surface area contributed by atoms with Gasteiger partial charge in [-0.25, -0.2) is 4.98 Å². The van der Waals surface area contributed by atoms with E-state index in [1.807, 2.05) is 12.1 Å². The topological polar surface area (TPSA) is 36.4 Å². The lowest BCUT2D eigenvalue weighted by molar-refractivity contribution is 0.277. The Labute approximate surface area is 101 Å². The molecule has 4 heteroatoms. The minimum atomic E-state index is -0.0995. The molecule has 1 aromatic heterocycles. The zero-order chi connectivity index (χ0) is 11.5. The van der Waals surface area contributed by atoms with Crippen LogP contribution >= 0.6 is 11.6 Å². The third-order valence-corrected chi connectivity index (χ3v) is 3.59. The van der Waals surface area contributed by atoms with Crippen LogP contribution in [0.1, 0.15) is 25.5 Å². The van der Waals surface area contributed by atoms with Crippen LogP contribution in [0.15, 0.2) is 12.1 Å². The smallest absolute Gasteiger partial charge is 0.129 e. The molecule has 3 nitrogen and oxygen atoms in total.